The average Bonchev–Trinajstić information content (AvgIpc) is 2.68. The summed E-state index contributed by atoms with van der Waals surface area (Å²) in [7, 11) is -4.64. The van der Waals surface area contributed by atoms with Crippen molar-refractivity contribution < 1.29 is 19.2 Å². The molecule has 1 aromatic rings. The Kier molecular flexibility index (Phi) is 36.9. The van der Waals surface area contributed by atoms with Crippen LogP contribution in [0.5, 0.6) is 0 Å². The first-order chi connectivity index (χ1) is 16.1. The Bertz CT molecular complexity index is 508. The Morgan fingerprint density at radius 2 is 0.886 bits per heavy atom. The predicted octanol–water partition coefficient (Wildman–Crippen LogP) is 6.28. The van der Waals surface area contributed by atoms with Crippen LogP contribution in [-0.2, 0) is 11.0 Å². The summed E-state index contributed by atoms with van der Waals surface area (Å²) in [5, 5.41) is 0. The Morgan fingerprint density at radius 1 is 0.629 bits per heavy atom. The van der Waals surface area contributed by atoms with Crippen LogP contribution in [0.4, 0.5) is 0 Å². The third kappa shape index (κ3) is 87.7. The molecule has 0 unspecified atom stereocenters. The maximum Gasteiger partial charge on any atom is 0.466 e. The summed E-state index contributed by atoms with van der Waals surface area (Å²) < 4.78 is 8.88. The fourth-order valence-corrected chi connectivity index (χ4v) is 2.46. The van der Waals surface area contributed by atoms with Gasteiger partial charge in [0.25, 0.3) is 0 Å². The van der Waals surface area contributed by atoms with Gasteiger partial charge in [0, 0.05) is 0 Å². The molecule has 0 aliphatic carbocycles. The van der Waals surface area contributed by atoms with Crippen LogP contribution in [-0.4, -0.2) is 32.8 Å². The summed E-state index contributed by atoms with van der Waals surface area (Å²) in [4.78, 5) is 21.6. The van der Waals surface area contributed by atoms with Crippen molar-refractivity contribution in [3.8, 4) is 0 Å². The van der Waals surface area contributed by atoms with Crippen molar-refractivity contribution in [1.82, 2.24) is 0 Å². The molecule has 0 amide bonds. The highest BCUT2D eigenvalue weighted by Gasteiger charge is 2.00. The summed E-state index contributed by atoms with van der Waals surface area (Å²) in [6.07, 6.45) is 15.5. The van der Waals surface area contributed by atoms with Crippen LogP contribution >= 0.6 is 7.82 Å². The summed E-state index contributed by atoms with van der Waals surface area (Å²) >= 11 is 0. The number of phosphoric acid groups is 1. The first kappa shape index (κ1) is 41.3. The van der Waals surface area contributed by atoms with Gasteiger partial charge < -0.3 is 31.9 Å². The Morgan fingerprint density at radius 3 is 1.17 bits per heavy atom. The molecular formula is C27H60N3O4P. The molecule has 0 radical (unpaired) electrons. The lowest BCUT2D eigenvalue weighted by Gasteiger charge is -2.03. The fourth-order valence-electron chi connectivity index (χ4n) is 2.46. The van der Waals surface area contributed by atoms with Gasteiger partial charge in [-0.25, -0.2) is 4.57 Å². The van der Waals surface area contributed by atoms with Crippen molar-refractivity contribution in [2.75, 3.05) is 0 Å². The largest absolute Gasteiger partial charge is 0.466 e. The van der Waals surface area contributed by atoms with Crippen molar-refractivity contribution in [2.45, 2.75) is 137 Å². The smallest absolute Gasteiger partial charge is 0.328 e. The molecule has 0 saturated carbocycles. The van der Waals surface area contributed by atoms with E-state index in [0.717, 1.165) is 0 Å². The highest BCUT2D eigenvalue weighted by Crippen LogP contribution is 2.25. The molecular weight excluding hydrogens is 461 g/mol. The monoisotopic (exact) mass is 521 g/mol. The van der Waals surface area contributed by atoms with Crippen molar-refractivity contribution in [1.29, 1.82) is 0 Å². The molecule has 9 N–H and O–H groups in total. The molecule has 7 nitrogen and oxygen atoms in total. The van der Waals surface area contributed by atoms with Crippen LogP contribution < -0.4 is 17.2 Å². The molecule has 0 aliphatic heterocycles. The SMILES string of the molecule is CC(C)N.CC(C)N.CC(C)N.CCCCCCCCCCCCc1ccccc1.O=P(O)(O)O. The van der Waals surface area contributed by atoms with Gasteiger partial charge in [-0.3, -0.25) is 0 Å². The lowest BCUT2D eigenvalue weighted by molar-refractivity contribution is 0.275. The molecule has 8 heteroatoms. The third-order valence-corrected chi connectivity index (χ3v) is 3.66. The zero-order chi connectivity index (χ0) is 28.1. The van der Waals surface area contributed by atoms with Crippen molar-refractivity contribution in [3.63, 3.8) is 0 Å². The molecule has 1 aromatic carbocycles. The van der Waals surface area contributed by atoms with Gasteiger partial charge in [-0.15, -0.1) is 0 Å². The van der Waals surface area contributed by atoms with E-state index in [1.165, 1.54) is 76.2 Å². The van der Waals surface area contributed by atoms with E-state index in [9.17, 15) is 0 Å². The van der Waals surface area contributed by atoms with Gasteiger partial charge in [0.1, 0.15) is 0 Å². The average molecular weight is 522 g/mol. The quantitative estimate of drug-likeness (QED) is 0.148. The Hall–Kier alpha value is -0.790. The van der Waals surface area contributed by atoms with Crippen LogP contribution in [0.2, 0.25) is 0 Å². The first-order valence-electron chi connectivity index (χ1n) is 13.2. The second-order valence-electron chi connectivity index (χ2n) is 9.66. The third-order valence-electron chi connectivity index (χ3n) is 3.66. The second kappa shape index (κ2) is 31.2. The van der Waals surface area contributed by atoms with E-state index >= 15 is 0 Å². The highest BCUT2D eigenvalue weighted by atomic mass is 31.2. The lowest BCUT2D eigenvalue weighted by Crippen LogP contribution is -2.07. The van der Waals surface area contributed by atoms with E-state index in [2.05, 4.69) is 37.3 Å². The number of benzene rings is 1. The van der Waals surface area contributed by atoms with Crippen LogP contribution in [0.1, 0.15) is 118 Å². The van der Waals surface area contributed by atoms with E-state index < -0.39 is 7.82 Å². The summed E-state index contributed by atoms with van der Waals surface area (Å²) in [6, 6.07) is 11.9. The van der Waals surface area contributed by atoms with Crippen LogP contribution in [0, 0.1) is 0 Å². The van der Waals surface area contributed by atoms with Gasteiger partial charge in [0.05, 0.1) is 0 Å². The maximum atomic E-state index is 8.88. The lowest BCUT2D eigenvalue weighted by atomic mass is 10.0. The molecule has 0 fully saturated rings. The molecule has 0 atom stereocenters. The molecule has 0 spiro atoms. The van der Waals surface area contributed by atoms with Crippen LogP contribution in [0.25, 0.3) is 0 Å². The van der Waals surface area contributed by atoms with Crippen LogP contribution in [0.3, 0.4) is 0 Å². The number of nitrogens with two attached hydrogens (primary N) is 3. The number of hydrogen-bond donors (Lipinski definition) is 6. The highest BCUT2D eigenvalue weighted by molar-refractivity contribution is 7.45. The number of rotatable bonds is 11. The van der Waals surface area contributed by atoms with Crippen molar-refractivity contribution in [3.05, 3.63) is 35.9 Å². The minimum absolute atomic E-state index is 0.333. The molecule has 0 aromatic heterocycles. The first-order valence-corrected chi connectivity index (χ1v) is 14.8. The van der Waals surface area contributed by atoms with Crippen LogP contribution in [0.15, 0.2) is 30.3 Å². The normalized spacial score (nSPS) is 10.3. The van der Waals surface area contributed by atoms with Gasteiger partial charge in [0.2, 0.25) is 0 Å². The van der Waals surface area contributed by atoms with Gasteiger partial charge in [-0.2, -0.15) is 0 Å². The number of hydrogen-bond acceptors (Lipinski definition) is 4. The van der Waals surface area contributed by atoms with E-state index in [-0.39, 0.29) is 0 Å². The zero-order valence-electron chi connectivity index (χ0n) is 23.8. The molecule has 0 bridgehead atoms. The Labute approximate surface area is 217 Å². The molecule has 0 aliphatic rings. The van der Waals surface area contributed by atoms with Crippen molar-refractivity contribution in [2.24, 2.45) is 17.2 Å². The minimum Gasteiger partial charge on any atom is -0.328 e. The summed E-state index contributed by atoms with van der Waals surface area (Å²) in [6.45, 7) is 14.0. The maximum absolute atomic E-state index is 8.88. The summed E-state index contributed by atoms with van der Waals surface area (Å²) in [5.74, 6) is 0. The molecule has 0 heterocycles. The molecule has 35 heavy (non-hydrogen) atoms. The van der Waals surface area contributed by atoms with Gasteiger partial charge in [-0.05, 0) is 36.5 Å². The van der Waals surface area contributed by atoms with E-state index in [0.29, 0.717) is 18.1 Å². The van der Waals surface area contributed by atoms with Gasteiger partial charge >= 0.3 is 7.82 Å². The van der Waals surface area contributed by atoms with E-state index in [4.69, 9.17) is 36.4 Å². The topological polar surface area (TPSA) is 156 Å². The molecule has 0 saturated heterocycles. The predicted molar refractivity (Wildman–Crippen MR) is 154 cm³/mol. The number of unbranched alkanes of at least 4 members (excludes halogenated alkanes) is 9. The zero-order valence-corrected chi connectivity index (χ0v) is 24.7. The molecule has 1 rings (SSSR count). The minimum atomic E-state index is -4.64. The van der Waals surface area contributed by atoms with E-state index in [1.807, 2.05) is 41.5 Å². The fraction of sp³-hybridized carbons (Fsp3) is 0.778. The van der Waals surface area contributed by atoms with Gasteiger partial charge in [0.15, 0.2) is 0 Å². The number of aryl methyl sites for hydroxylation is 1. The van der Waals surface area contributed by atoms with Crippen molar-refractivity contribution >= 4 is 7.82 Å². The Balaban J connectivity index is -0.000000230. The summed E-state index contributed by atoms with van der Waals surface area (Å²) in [5.41, 5.74) is 16.8. The van der Waals surface area contributed by atoms with E-state index in [1.54, 1.807) is 0 Å². The second-order valence-corrected chi connectivity index (χ2v) is 10.7. The standard InChI is InChI=1S/C18H30.3C3H9N.H3O4P/c1-2-3-4-5-6-7-8-9-10-12-15-18-16-13-11-14-17-18;3*1-3(2)4;1-5(2,3)4/h11,13-14,16-17H,2-10,12,15H2,1H3;3*3H,4H2,1-2H3;(H3,1,2,3,4). The molecule has 212 valence electrons. The van der Waals surface area contributed by atoms with Gasteiger partial charge in [-0.1, -0.05) is 137 Å².